The van der Waals surface area contributed by atoms with Gasteiger partial charge in [0.15, 0.2) is 0 Å². The van der Waals surface area contributed by atoms with E-state index < -0.39 is 16.6 Å². The maximum atomic E-state index is 13.2. The predicted octanol–water partition coefficient (Wildman–Crippen LogP) is 2.90. The first-order valence-electron chi connectivity index (χ1n) is 4.48. The van der Waals surface area contributed by atoms with Gasteiger partial charge in [-0.05, 0) is 19.1 Å². The Morgan fingerprint density at radius 2 is 2.27 bits per heavy atom. The van der Waals surface area contributed by atoms with Gasteiger partial charge in [0.25, 0.3) is 0 Å². The molecule has 0 radical (unpaired) electrons. The van der Waals surface area contributed by atoms with Gasteiger partial charge in [0, 0.05) is 18.2 Å². The van der Waals surface area contributed by atoms with Crippen molar-refractivity contribution in [1.82, 2.24) is 0 Å². The highest BCUT2D eigenvalue weighted by Crippen LogP contribution is 2.33. The lowest BCUT2D eigenvalue weighted by molar-refractivity contribution is 0.623. The lowest BCUT2D eigenvalue weighted by atomic mass is 10.3. The number of anilines is 1. The van der Waals surface area contributed by atoms with E-state index in [2.05, 4.69) is 0 Å². The zero-order chi connectivity index (χ0) is 11.0. The van der Waals surface area contributed by atoms with Gasteiger partial charge in [-0.15, -0.1) is 0 Å². The van der Waals surface area contributed by atoms with Crippen LogP contribution >= 0.6 is 11.6 Å². The molecule has 0 N–H and O–H groups in total. The minimum Gasteiger partial charge on any atom is -0.347 e. The average Bonchev–Trinajstić information content (AvgIpc) is 2.22. The van der Waals surface area contributed by atoms with E-state index in [1.807, 2.05) is 11.8 Å². The lowest BCUT2D eigenvalue weighted by Gasteiger charge is -2.24. The predicted molar refractivity (Wildman–Crippen MR) is 60.0 cm³/mol. The van der Waals surface area contributed by atoms with Crippen LogP contribution in [0.5, 0.6) is 0 Å². The number of halogens is 2. The van der Waals surface area contributed by atoms with E-state index in [4.69, 9.17) is 11.6 Å². The monoisotopic (exact) mass is 245 g/mol. The Bertz CT molecular complexity index is 461. The number of hydrogen-bond donors (Lipinski definition) is 0. The van der Waals surface area contributed by atoms with Crippen molar-refractivity contribution >= 4 is 28.1 Å². The fraction of sp³-hybridized carbons (Fsp3) is 0.200. The minimum absolute atomic E-state index is 0.0551. The summed E-state index contributed by atoms with van der Waals surface area (Å²) in [5.41, 5.74) is 0.713. The molecule has 2 rings (SSSR count). The van der Waals surface area contributed by atoms with Gasteiger partial charge in [0.05, 0.1) is 26.4 Å². The van der Waals surface area contributed by atoms with E-state index in [0.717, 1.165) is 6.54 Å². The maximum Gasteiger partial charge on any atom is 0.143 e. The van der Waals surface area contributed by atoms with Crippen LogP contribution in [0.3, 0.4) is 0 Å². The smallest absolute Gasteiger partial charge is 0.143 e. The maximum absolute atomic E-state index is 13.2. The molecular weight excluding hydrogens is 237 g/mol. The Kier molecular flexibility index (Phi) is 2.80. The van der Waals surface area contributed by atoms with Crippen LogP contribution in [0, 0.1) is 5.82 Å². The normalized spacial score (nSPS) is 19.1. The van der Waals surface area contributed by atoms with Gasteiger partial charge in [-0.25, -0.2) is 8.60 Å². The van der Waals surface area contributed by atoms with Crippen molar-refractivity contribution < 1.29 is 8.60 Å². The van der Waals surface area contributed by atoms with Crippen LogP contribution in [0.1, 0.15) is 6.92 Å². The van der Waals surface area contributed by atoms with Crippen molar-refractivity contribution in [1.29, 1.82) is 0 Å². The standard InChI is InChI=1S/C10H9ClFNOS/c1-2-13-3-4-15(14)10-6-8(12)7(11)5-9(10)13/h3-6H,2H2,1H3. The second-order valence-corrected chi connectivity index (χ2v) is 4.82. The molecule has 0 aromatic heterocycles. The quantitative estimate of drug-likeness (QED) is 0.758. The molecule has 2 nitrogen and oxygen atoms in total. The zero-order valence-corrected chi connectivity index (χ0v) is 9.61. The summed E-state index contributed by atoms with van der Waals surface area (Å²) in [6, 6.07) is 2.75. The summed E-state index contributed by atoms with van der Waals surface area (Å²) in [5, 5.41) is 1.60. The molecule has 1 atom stereocenters. The van der Waals surface area contributed by atoms with Crippen LogP contribution in [-0.4, -0.2) is 10.8 Å². The summed E-state index contributed by atoms with van der Waals surface area (Å²) in [5.74, 6) is -0.532. The van der Waals surface area contributed by atoms with Crippen LogP contribution in [0.4, 0.5) is 10.1 Å². The highest BCUT2D eigenvalue weighted by Gasteiger charge is 2.19. The van der Waals surface area contributed by atoms with Gasteiger partial charge in [-0.1, -0.05) is 11.6 Å². The Balaban J connectivity index is 2.62. The third kappa shape index (κ3) is 1.79. The molecule has 15 heavy (non-hydrogen) atoms. The Morgan fingerprint density at radius 3 is 2.93 bits per heavy atom. The Labute approximate surface area is 94.8 Å². The largest absolute Gasteiger partial charge is 0.347 e. The summed E-state index contributed by atoms with van der Waals surface area (Å²) in [6.45, 7) is 2.68. The second kappa shape index (κ2) is 3.94. The molecule has 0 fully saturated rings. The molecule has 1 aliphatic heterocycles. The molecule has 80 valence electrons. The first-order valence-corrected chi connectivity index (χ1v) is 6.07. The summed E-state index contributed by atoms with van der Waals surface area (Å²) in [6.07, 6.45) is 1.73. The van der Waals surface area contributed by atoms with Crippen molar-refractivity contribution in [2.75, 3.05) is 11.4 Å². The Hall–Kier alpha value is -0.870. The van der Waals surface area contributed by atoms with Gasteiger partial charge in [0.2, 0.25) is 0 Å². The van der Waals surface area contributed by atoms with E-state index in [-0.39, 0.29) is 5.02 Å². The molecule has 0 saturated heterocycles. The first-order chi connectivity index (χ1) is 7.13. The molecule has 1 aromatic rings. The van der Waals surface area contributed by atoms with Gasteiger partial charge in [-0.3, -0.25) is 0 Å². The topological polar surface area (TPSA) is 20.3 Å². The van der Waals surface area contributed by atoms with Crippen molar-refractivity contribution in [2.24, 2.45) is 0 Å². The molecule has 1 aliphatic rings. The number of benzene rings is 1. The van der Waals surface area contributed by atoms with Crippen LogP contribution in [0.15, 0.2) is 28.6 Å². The number of fused-ring (bicyclic) bond motifs is 1. The fourth-order valence-electron chi connectivity index (χ4n) is 1.46. The van der Waals surface area contributed by atoms with E-state index in [9.17, 15) is 8.60 Å². The second-order valence-electron chi connectivity index (χ2n) is 3.10. The van der Waals surface area contributed by atoms with E-state index in [0.29, 0.717) is 10.6 Å². The van der Waals surface area contributed by atoms with Gasteiger partial charge in [0.1, 0.15) is 5.82 Å². The molecule has 0 aliphatic carbocycles. The van der Waals surface area contributed by atoms with E-state index >= 15 is 0 Å². The van der Waals surface area contributed by atoms with Gasteiger partial charge < -0.3 is 4.90 Å². The molecule has 0 spiro atoms. The highest BCUT2D eigenvalue weighted by molar-refractivity contribution is 7.88. The lowest BCUT2D eigenvalue weighted by Crippen LogP contribution is -2.20. The van der Waals surface area contributed by atoms with Gasteiger partial charge >= 0.3 is 0 Å². The first kappa shape index (κ1) is 10.6. The molecule has 0 bridgehead atoms. The van der Waals surface area contributed by atoms with Crippen LogP contribution in [0.25, 0.3) is 0 Å². The average molecular weight is 246 g/mol. The summed E-state index contributed by atoms with van der Waals surface area (Å²) in [7, 11) is -1.28. The van der Waals surface area contributed by atoms with Crippen molar-refractivity contribution in [3.8, 4) is 0 Å². The molecule has 0 amide bonds. The van der Waals surface area contributed by atoms with E-state index in [1.54, 1.807) is 11.6 Å². The molecular formula is C10H9ClFNOS. The molecule has 0 saturated carbocycles. The molecule has 1 unspecified atom stereocenters. The summed E-state index contributed by atoms with van der Waals surface area (Å²) in [4.78, 5) is 2.35. The molecule has 1 heterocycles. The van der Waals surface area contributed by atoms with Crippen LogP contribution in [0.2, 0.25) is 5.02 Å². The number of nitrogens with zero attached hydrogens (tertiary/aromatic N) is 1. The Morgan fingerprint density at radius 1 is 1.53 bits per heavy atom. The third-order valence-electron chi connectivity index (χ3n) is 2.23. The summed E-state index contributed by atoms with van der Waals surface area (Å²) >= 11 is 5.69. The van der Waals surface area contributed by atoms with Crippen LogP contribution in [-0.2, 0) is 10.8 Å². The molecule has 5 heteroatoms. The highest BCUT2D eigenvalue weighted by atomic mass is 35.5. The SMILES string of the molecule is CCN1C=CS(=O)c2cc(F)c(Cl)cc21. The van der Waals surface area contributed by atoms with Gasteiger partial charge in [-0.2, -0.15) is 0 Å². The summed E-state index contributed by atoms with van der Waals surface area (Å²) < 4.78 is 24.8. The van der Waals surface area contributed by atoms with Crippen LogP contribution < -0.4 is 4.90 Å². The minimum atomic E-state index is -1.28. The zero-order valence-electron chi connectivity index (χ0n) is 8.04. The van der Waals surface area contributed by atoms with Crippen molar-refractivity contribution in [3.63, 3.8) is 0 Å². The fourth-order valence-corrected chi connectivity index (χ4v) is 2.63. The third-order valence-corrected chi connectivity index (χ3v) is 3.65. The van der Waals surface area contributed by atoms with E-state index in [1.165, 1.54) is 12.1 Å². The van der Waals surface area contributed by atoms with Crippen molar-refractivity contribution in [2.45, 2.75) is 11.8 Å². The van der Waals surface area contributed by atoms with Crippen molar-refractivity contribution in [3.05, 3.63) is 34.6 Å². The number of hydrogen-bond acceptors (Lipinski definition) is 2. The molecule has 1 aromatic carbocycles. The number of rotatable bonds is 1.